The molecule has 0 aliphatic heterocycles. The fraction of sp³-hybridized carbons (Fsp3) is 0.200. The zero-order chi connectivity index (χ0) is 12.5. The average molecular weight is 242 g/mol. The third-order valence-corrected chi connectivity index (χ3v) is 1.96. The van der Waals surface area contributed by atoms with Crippen LogP contribution in [0.1, 0.15) is 5.69 Å². The van der Waals surface area contributed by atoms with E-state index in [1.54, 1.807) is 13.0 Å². The molecule has 0 bridgehead atoms. The molecular formula is C10H7F3N3O. The average Bonchev–Trinajstić information content (AvgIpc) is 2.62. The highest BCUT2D eigenvalue weighted by Gasteiger charge is 2.31. The van der Waals surface area contributed by atoms with E-state index in [1.807, 2.05) is 0 Å². The summed E-state index contributed by atoms with van der Waals surface area (Å²) >= 11 is 0. The Morgan fingerprint density at radius 2 is 2.12 bits per heavy atom. The summed E-state index contributed by atoms with van der Waals surface area (Å²) in [6, 6.07) is 5.48. The Hall–Kier alpha value is -2.05. The lowest BCUT2D eigenvalue weighted by Crippen LogP contribution is -2.17. The van der Waals surface area contributed by atoms with E-state index in [2.05, 4.69) is 21.2 Å². The highest BCUT2D eigenvalue weighted by Crippen LogP contribution is 2.24. The van der Waals surface area contributed by atoms with Gasteiger partial charge in [0.05, 0.1) is 11.4 Å². The first-order valence-corrected chi connectivity index (χ1v) is 4.62. The molecule has 0 saturated carbocycles. The van der Waals surface area contributed by atoms with Crippen LogP contribution in [0.4, 0.5) is 13.2 Å². The Balaban J connectivity index is 2.32. The molecule has 0 amide bonds. The van der Waals surface area contributed by atoms with E-state index in [9.17, 15) is 13.2 Å². The Bertz CT molecular complexity index is 522. The normalized spacial score (nSPS) is 11.5. The summed E-state index contributed by atoms with van der Waals surface area (Å²) in [5.41, 5.74) is 1.02. The Morgan fingerprint density at radius 1 is 1.35 bits per heavy atom. The topological polar surface area (TPSA) is 39.9 Å². The van der Waals surface area contributed by atoms with Gasteiger partial charge in [-0.25, -0.2) is 4.68 Å². The van der Waals surface area contributed by atoms with Gasteiger partial charge >= 0.3 is 6.36 Å². The Labute approximate surface area is 94.6 Å². The first-order valence-electron chi connectivity index (χ1n) is 4.62. The zero-order valence-corrected chi connectivity index (χ0v) is 8.69. The van der Waals surface area contributed by atoms with Crippen LogP contribution in [-0.2, 0) is 0 Å². The standard InChI is InChI=1S/C10H7F3N3O/c1-7-6-14-15-16(7)8-3-2-4-9(5-8)17-10(11,12)13/h2-5H,1H3. The highest BCUT2D eigenvalue weighted by atomic mass is 19.4. The molecule has 0 aliphatic carbocycles. The van der Waals surface area contributed by atoms with Gasteiger partial charge in [-0.15, -0.1) is 18.3 Å². The van der Waals surface area contributed by atoms with E-state index in [-0.39, 0.29) is 5.75 Å². The van der Waals surface area contributed by atoms with Crippen LogP contribution in [0.2, 0.25) is 0 Å². The highest BCUT2D eigenvalue weighted by molar-refractivity contribution is 5.39. The van der Waals surface area contributed by atoms with E-state index >= 15 is 0 Å². The summed E-state index contributed by atoms with van der Waals surface area (Å²) in [6.45, 7) is 1.69. The van der Waals surface area contributed by atoms with Crippen molar-refractivity contribution in [3.63, 3.8) is 0 Å². The van der Waals surface area contributed by atoms with Gasteiger partial charge in [-0.3, -0.25) is 0 Å². The minimum Gasteiger partial charge on any atom is -0.406 e. The monoisotopic (exact) mass is 242 g/mol. The fourth-order valence-corrected chi connectivity index (χ4v) is 1.31. The molecule has 2 rings (SSSR count). The molecule has 0 unspecified atom stereocenters. The van der Waals surface area contributed by atoms with Crippen LogP contribution < -0.4 is 4.74 Å². The van der Waals surface area contributed by atoms with Crippen molar-refractivity contribution in [3.05, 3.63) is 36.2 Å². The van der Waals surface area contributed by atoms with Crippen molar-refractivity contribution in [2.75, 3.05) is 0 Å². The summed E-state index contributed by atoms with van der Waals surface area (Å²) in [7, 11) is 0. The predicted molar refractivity (Wildman–Crippen MR) is 51.6 cm³/mol. The van der Waals surface area contributed by atoms with Crippen LogP contribution in [0.3, 0.4) is 0 Å². The van der Waals surface area contributed by atoms with Crippen molar-refractivity contribution in [1.29, 1.82) is 0 Å². The third-order valence-electron chi connectivity index (χ3n) is 1.96. The number of benzene rings is 1. The number of halogens is 3. The molecule has 0 fully saturated rings. The molecule has 7 heteroatoms. The molecule has 1 radical (unpaired) electrons. The van der Waals surface area contributed by atoms with Crippen LogP contribution >= 0.6 is 0 Å². The number of hydrogen-bond donors (Lipinski definition) is 0. The van der Waals surface area contributed by atoms with Crippen molar-refractivity contribution in [2.45, 2.75) is 13.3 Å². The third kappa shape index (κ3) is 2.74. The van der Waals surface area contributed by atoms with Gasteiger partial charge in [0.25, 0.3) is 0 Å². The predicted octanol–water partition coefficient (Wildman–Crippen LogP) is 2.27. The van der Waals surface area contributed by atoms with Crippen LogP contribution in [0, 0.1) is 13.1 Å². The number of nitrogens with zero attached hydrogens (tertiary/aromatic N) is 3. The lowest BCUT2D eigenvalue weighted by Gasteiger charge is -2.10. The minimum atomic E-state index is -4.71. The Kier molecular flexibility index (Phi) is 2.74. The van der Waals surface area contributed by atoms with Crippen molar-refractivity contribution in [3.8, 4) is 11.4 Å². The lowest BCUT2D eigenvalue weighted by molar-refractivity contribution is -0.274. The first kappa shape index (κ1) is 11.4. The molecule has 1 aromatic heterocycles. The molecule has 0 N–H and O–H groups in total. The number of hydrogen-bond acceptors (Lipinski definition) is 3. The van der Waals surface area contributed by atoms with Gasteiger partial charge in [0, 0.05) is 6.07 Å². The molecule has 4 nitrogen and oxygen atoms in total. The molecule has 89 valence electrons. The largest absolute Gasteiger partial charge is 0.573 e. The maximum Gasteiger partial charge on any atom is 0.573 e. The number of rotatable bonds is 2. The SMILES string of the molecule is Cc1[c]nnn1-c1cccc(OC(F)(F)F)c1. The van der Waals surface area contributed by atoms with Crippen molar-refractivity contribution >= 4 is 0 Å². The van der Waals surface area contributed by atoms with Crippen LogP contribution in [0.25, 0.3) is 5.69 Å². The quantitative estimate of drug-likeness (QED) is 0.811. The molecule has 1 aromatic carbocycles. The second-order valence-electron chi connectivity index (χ2n) is 3.24. The molecule has 1 heterocycles. The minimum absolute atomic E-state index is 0.301. The molecule has 0 spiro atoms. The van der Waals surface area contributed by atoms with Crippen molar-refractivity contribution < 1.29 is 17.9 Å². The summed E-state index contributed by atoms with van der Waals surface area (Å²) in [4.78, 5) is 0. The fourth-order valence-electron chi connectivity index (χ4n) is 1.31. The van der Waals surface area contributed by atoms with Crippen molar-refractivity contribution in [1.82, 2.24) is 15.0 Å². The second-order valence-corrected chi connectivity index (χ2v) is 3.24. The number of aryl methyl sites for hydroxylation is 1. The molecular weight excluding hydrogens is 235 g/mol. The first-order chi connectivity index (χ1) is 7.96. The maximum atomic E-state index is 12.0. The van der Waals surface area contributed by atoms with Crippen LogP contribution in [0.15, 0.2) is 24.3 Å². The molecule has 17 heavy (non-hydrogen) atoms. The molecule has 2 aromatic rings. The summed E-state index contributed by atoms with van der Waals surface area (Å²) in [5, 5.41) is 7.23. The number of alkyl halides is 3. The van der Waals surface area contributed by atoms with E-state index in [4.69, 9.17) is 0 Å². The second kappa shape index (κ2) is 4.08. The van der Waals surface area contributed by atoms with Gasteiger partial charge in [-0.05, 0) is 19.1 Å². The van der Waals surface area contributed by atoms with Gasteiger partial charge in [-0.2, -0.15) is 0 Å². The van der Waals surface area contributed by atoms with Gasteiger partial charge in [0.1, 0.15) is 11.9 Å². The van der Waals surface area contributed by atoms with Gasteiger partial charge < -0.3 is 4.74 Å². The van der Waals surface area contributed by atoms with E-state index in [0.717, 1.165) is 0 Å². The molecule has 0 atom stereocenters. The van der Waals surface area contributed by atoms with Crippen LogP contribution in [0.5, 0.6) is 5.75 Å². The van der Waals surface area contributed by atoms with Gasteiger partial charge in [0.2, 0.25) is 0 Å². The zero-order valence-electron chi connectivity index (χ0n) is 8.69. The summed E-state index contributed by atoms with van der Waals surface area (Å²) in [5.74, 6) is -0.301. The van der Waals surface area contributed by atoms with E-state index < -0.39 is 6.36 Å². The van der Waals surface area contributed by atoms with Crippen molar-refractivity contribution in [2.24, 2.45) is 0 Å². The Morgan fingerprint density at radius 3 is 2.71 bits per heavy atom. The summed E-state index contributed by atoms with van der Waals surface area (Å²) in [6.07, 6.45) is -2.13. The number of ether oxygens (including phenoxy) is 1. The maximum absolute atomic E-state index is 12.0. The van der Waals surface area contributed by atoms with E-state index in [1.165, 1.54) is 22.9 Å². The van der Waals surface area contributed by atoms with Crippen LogP contribution in [-0.4, -0.2) is 21.4 Å². The van der Waals surface area contributed by atoms with Gasteiger partial charge in [-0.1, -0.05) is 11.3 Å². The van der Waals surface area contributed by atoms with Gasteiger partial charge in [0.15, 0.2) is 0 Å². The van der Waals surface area contributed by atoms with E-state index in [0.29, 0.717) is 11.4 Å². The number of aromatic nitrogens is 3. The lowest BCUT2D eigenvalue weighted by atomic mass is 10.3. The molecule has 0 aliphatic rings. The molecule has 0 saturated heterocycles. The smallest absolute Gasteiger partial charge is 0.406 e. The summed E-state index contributed by atoms with van der Waals surface area (Å²) < 4.78 is 41.3.